The van der Waals surface area contributed by atoms with Crippen LogP contribution in [0.25, 0.3) is 6.08 Å². The maximum atomic E-state index is 13.6. The first-order valence-electron chi connectivity index (χ1n) is 5.36. The monoisotopic (exact) mass is 282 g/mol. The zero-order valence-electron chi connectivity index (χ0n) is 9.19. The molecule has 1 aromatic rings. The Kier molecular flexibility index (Phi) is 2.87. The summed E-state index contributed by atoms with van der Waals surface area (Å²) in [6.07, 6.45) is 1.41. The molecule has 0 radical (unpaired) electrons. The summed E-state index contributed by atoms with van der Waals surface area (Å²) < 4.78 is 13.6. The number of hydrogen-bond donors (Lipinski definition) is 0. The van der Waals surface area contributed by atoms with Crippen LogP contribution in [0.4, 0.5) is 4.39 Å². The summed E-state index contributed by atoms with van der Waals surface area (Å²) >= 11 is 7.44. The van der Waals surface area contributed by atoms with Crippen LogP contribution in [0.1, 0.15) is 5.56 Å². The number of carbonyl (C=O) groups excluding carboxylic acids is 1. The number of nitrogens with zero attached hydrogens (tertiary/aromatic N) is 2. The smallest absolute Gasteiger partial charge is 0.278 e. The number of carbonyl (C=O) groups is 1. The fraction of sp³-hybridized carbons (Fsp3) is 0.167. The molecule has 0 saturated carbocycles. The Bertz CT molecular complexity index is 579. The highest BCUT2D eigenvalue weighted by Crippen LogP contribution is 2.30. The molecule has 3 nitrogen and oxygen atoms in total. The average Bonchev–Trinajstić information content (AvgIpc) is 2.89. The van der Waals surface area contributed by atoms with E-state index in [0.717, 1.165) is 5.75 Å². The second-order valence-corrected chi connectivity index (χ2v) is 5.33. The van der Waals surface area contributed by atoms with Gasteiger partial charge in [0.2, 0.25) is 0 Å². The summed E-state index contributed by atoms with van der Waals surface area (Å²) in [5, 5.41) is 0.967. The lowest BCUT2D eigenvalue weighted by Crippen LogP contribution is -2.26. The Morgan fingerprint density at radius 2 is 2.33 bits per heavy atom. The molecule has 3 rings (SSSR count). The largest absolute Gasteiger partial charge is 0.285 e. The van der Waals surface area contributed by atoms with E-state index in [2.05, 4.69) is 4.99 Å². The van der Waals surface area contributed by atoms with Crippen LogP contribution in [0.5, 0.6) is 0 Å². The molecule has 1 aromatic carbocycles. The van der Waals surface area contributed by atoms with E-state index < -0.39 is 5.82 Å². The number of fused-ring (bicyclic) bond motifs is 1. The molecule has 2 aliphatic heterocycles. The Morgan fingerprint density at radius 1 is 1.50 bits per heavy atom. The van der Waals surface area contributed by atoms with Gasteiger partial charge in [0.25, 0.3) is 5.91 Å². The van der Waals surface area contributed by atoms with E-state index in [4.69, 9.17) is 11.6 Å². The SMILES string of the molecule is O=C1/C(=C/c2c(F)cccc2Cl)N=C2SCCN12. The number of rotatable bonds is 1. The summed E-state index contributed by atoms with van der Waals surface area (Å²) in [6, 6.07) is 4.41. The number of benzene rings is 1. The van der Waals surface area contributed by atoms with Gasteiger partial charge in [0, 0.05) is 17.9 Å². The topological polar surface area (TPSA) is 32.7 Å². The summed E-state index contributed by atoms with van der Waals surface area (Å²) in [7, 11) is 0. The highest BCUT2D eigenvalue weighted by Gasteiger charge is 2.34. The van der Waals surface area contributed by atoms with E-state index in [1.165, 1.54) is 30.0 Å². The maximum Gasteiger partial charge on any atom is 0.278 e. The van der Waals surface area contributed by atoms with Crippen molar-refractivity contribution in [1.82, 2.24) is 4.90 Å². The Morgan fingerprint density at radius 3 is 3.06 bits per heavy atom. The number of amidine groups is 1. The fourth-order valence-corrected chi connectivity index (χ4v) is 3.02. The molecule has 1 amide bonds. The van der Waals surface area contributed by atoms with Crippen LogP contribution < -0.4 is 0 Å². The zero-order valence-corrected chi connectivity index (χ0v) is 10.8. The number of aliphatic imine (C=N–C) groups is 1. The van der Waals surface area contributed by atoms with E-state index in [1.807, 2.05) is 0 Å². The molecule has 0 unspecified atom stereocenters. The number of halogens is 2. The van der Waals surface area contributed by atoms with Gasteiger partial charge in [-0.15, -0.1) is 0 Å². The van der Waals surface area contributed by atoms with Crippen LogP contribution in [-0.4, -0.2) is 28.3 Å². The van der Waals surface area contributed by atoms with E-state index in [1.54, 1.807) is 11.0 Å². The van der Waals surface area contributed by atoms with Gasteiger partial charge in [-0.1, -0.05) is 29.4 Å². The van der Waals surface area contributed by atoms with Gasteiger partial charge in [-0.25, -0.2) is 9.38 Å². The van der Waals surface area contributed by atoms with Crippen molar-refractivity contribution in [3.63, 3.8) is 0 Å². The molecule has 2 heterocycles. The highest BCUT2D eigenvalue weighted by molar-refractivity contribution is 8.14. The third kappa shape index (κ3) is 1.83. The third-order valence-corrected chi connectivity index (χ3v) is 4.02. The molecular weight excluding hydrogens is 275 g/mol. The molecule has 6 heteroatoms. The summed E-state index contributed by atoms with van der Waals surface area (Å²) in [5.41, 5.74) is 0.447. The van der Waals surface area contributed by atoms with Crippen molar-refractivity contribution < 1.29 is 9.18 Å². The second-order valence-electron chi connectivity index (χ2n) is 3.86. The number of amides is 1. The normalized spacial score (nSPS) is 20.6. The van der Waals surface area contributed by atoms with Gasteiger partial charge in [-0.2, -0.15) is 0 Å². The van der Waals surface area contributed by atoms with Crippen LogP contribution in [0.15, 0.2) is 28.9 Å². The molecule has 1 fully saturated rings. The molecule has 1 saturated heterocycles. The quantitative estimate of drug-likeness (QED) is 0.742. The lowest BCUT2D eigenvalue weighted by molar-refractivity contribution is -0.122. The number of hydrogen-bond acceptors (Lipinski definition) is 3. The van der Waals surface area contributed by atoms with Crippen molar-refractivity contribution in [2.75, 3.05) is 12.3 Å². The minimum atomic E-state index is -0.456. The Labute approximate surface area is 112 Å². The van der Waals surface area contributed by atoms with E-state index in [9.17, 15) is 9.18 Å². The third-order valence-electron chi connectivity index (χ3n) is 2.74. The van der Waals surface area contributed by atoms with Crippen LogP contribution >= 0.6 is 23.4 Å². The van der Waals surface area contributed by atoms with E-state index in [-0.39, 0.29) is 22.2 Å². The molecule has 0 bridgehead atoms. The minimum absolute atomic E-state index is 0.186. The zero-order chi connectivity index (χ0) is 12.7. The molecule has 18 heavy (non-hydrogen) atoms. The molecule has 0 N–H and O–H groups in total. The molecular formula is C12H8ClFN2OS. The molecule has 0 aromatic heterocycles. The first-order chi connectivity index (χ1) is 8.66. The predicted octanol–water partition coefficient (Wildman–Crippen LogP) is 2.77. The van der Waals surface area contributed by atoms with Crippen LogP contribution in [-0.2, 0) is 4.79 Å². The van der Waals surface area contributed by atoms with E-state index in [0.29, 0.717) is 11.7 Å². The number of thioether (sulfide) groups is 1. The molecule has 0 spiro atoms. The second kappa shape index (κ2) is 4.40. The van der Waals surface area contributed by atoms with Gasteiger partial charge in [0.15, 0.2) is 5.17 Å². The molecule has 2 aliphatic rings. The lowest BCUT2D eigenvalue weighted by Gasteiger charge is -2.06. The van der Waals surface area contributed by atoms with Crippen molar-refractivity contribution in [3.05, 3.63) is 40.3 Å². The van der Waals surface area contributed by atoms with E-state index >= 15 is 0 Å². The van der Waals surface area contributed by atoms with Gasteiger partial charge >= 0.3 is 0 Å². The first-order valence-corrected chi connectivity index (χ1v) is 6.72. The predicted molar refractivity (Wildman–Crippen MR) is 71.0 cm³/mol. The van der Waals surface area contributed by atoms with Crippen LogP contribution in [0.2, 0.25) is 5.02 Å². The minimum Gasteiger partial charge on any atom is -0.285 e. The van der Waals surface area contributed by atoms with Crippen molar-refractivity contribution in [2.24, 2.45) is 4.99 Å². The molecule has 0 aliphatic carbocycles. The maximum absolute atomic E-state index is 13.6. The van der Waals surface area contributed by atoms with Crippen LogP contribution in [0, 0.1) is 5.82 Å². The van der Waals surface area contributed by atoms with Crippen LogP contribution in [0.3, 0.4) is 0 Å². The van der Waals surface area contributed by atoms with Crippen molar-refractivity contribution in [1.29, 1.82) is 0 Å². The standard InChI is InChI=1S/C12H8ClFN2OS/c13-8-2-1-3-9(14)7(8)6-10-11(17)16-4-5-18-12(16)15-10/h1-3,6H,4-5H2/b10-6-. The first kappa shape index (κ1) is 11.7. The van der Waals surface area contributed by atoms with Crippen molar-refractivity contribution in [3.8, 4) is 0 Å². The molecule has 92 valence electrons. The fourth-order valence-electron chi connectivity index (χ4n) is 1.85. The van der Waals surface area contributed by atoms with Gasteiger partial charge < -0.3 is 0 Å². The summed E-state index contributed by atoms with van der Waals surface area (Å²) in [4.78, 5) is 17.8. The Balaban J connectivity index is 2.03. The highest BCUT2D eigenvalue weighted by atomic mass is 35.5. The van der Waals surface area contributed by atoms with Gasteiger partial charge in [0.05, 0.1) is 5.02 Å². The van der Waals surface area contributed by atoms with Gasteiger partial charge in [-0.3, -0.25) is 9.69 Å². The van der Waals surface area contributed by atoms with Gasteiger partial charge in [0.1, 0.15) is 11.5 Å². The van der Waals surface area contributed by atoms with Gasteiger partial charge in [-0.05, 0) is 18.2 Å². The Hall–Kier alpha value is -1.33. The van der Waals surface area contributed by atoms with Crippen molar-refractivity contribution in [2.45, 2.75) is 0 Å². The molecule has 0 atom stereocenters. The lowest BCUT2D eigenvalue weighted by atomic mass is 10.1. The average molecular weight is 283 g/mol. The van der Waals surface area contributed by atoms with Crippen molar-refractivity contribution >= 4 is 40.5 Å². The summed E-state index contributed by atoms with van der Waals surface area (Å²) in [5.74, 6) is 0.218. The summed E-state index contributed by atoms with van der Waals surface area (Å²) in [6.45, 7) is 0.657.